The Morgan fingerprint density at radius 3 is 2.69 bits per heavy atom. The number of hydrogen-bond acceptors (Lipinski definition) is 9. The highest BCUT2D eigenvalue weighted by Gasteiger charge is 2.31. The Hall–Kier alpha value is -4.33. The van der Waals surface area contributed by atoms with E-state index in [0.29, 0.717) is 40.6 Å². The van der Waals surface area contributed by atoms with Gasteiger partial charge in [0.2, 0.25) is 5.91 Å². The van der Waals surface area contributed by atoms with Gasteiger partial charge >= 0.3 is 5.97 Å². The number of rotatable bonds is 14. The maximum atomic E-state index is 13.8. The number of halogens is 2. The predicted octanol–water partition coefficient (Wildman–Crippen LogP) is 4.79. The van der Waals surface area contributed by atoms with Gasteiger partial charge < -0.3 is 35.5 Å². The minimum Gasteiger partial charge on any atom is -0.462 e. The molecule has 12 nitrogen and oxygen atoms in total. The first-order valence-corrected chi connectivity index (χ1v) is 16.8. The lowest BCUT2D eigenvalue weighted by Crippen LogP contribution is -2.41. The number of aromatic nitrogens is 3. The van der Waals surface area contributed by atoms with Gasteiger partial charge in [-0.05, 0) is 76.2 Å². The second-order valence-electron chi connectivity index (χ2n) is 11.8. The maximum Gasteiger partial charge on any atom is 0.340 e. The second-order valence-corrected chi connectivity index (χ2v) is 12.2. The standard InChI is InChI=1S/C34H42ClFN8O4/c1-4-43(15-16-44-12-7-6-8-13-44)14-11-37-28(45)19-27-29(34(47)48-5-2)21(3)26(41-27)18-23-30-31(38-20-39-32(30)42-33(23)46)40-22-9-10-25(36)24(35)17-22/h9-10,17-18,20,41H,4-8,11-16,19H2,1-3H3,(H,37,45)(H2,38,39,40,42,46)/b23-18-. The van der Waals surface area contributed by atoms with Gasteiger partial charge in [-0.1, -0.05) is 24.9 Å². The normalized spacial score (nSPS) is 15.5. The molecule has 0 spiro atoms. The number of likely N-dealkylation sites (tertiary alicyclic amines) is 1. The van der Waals surface area contributed by atoms with Gasteiger partial charge in [0, 0.05) is 43.3 Å². The first kappa shape index (κ1) is 35.0. The molecule has 2 aliphatic heterocycles. The highest BCUT2D eigenvalue weighted by Crippen LogP contribution is 2.38. The third-order valence-electron chi connectivity index (χ3n) is 8.63. The van der Waals surface area contributed by atoms with E-state index in [9.17, 15) is 18.8 Å². The summed E-state index contributed by atoms with van der Waals surface area (Å²) in [5, 5.41) is 8.73. The number of ether oxygens (including phenoxy) is 1. The van der Waals surface area contributed by atoms with Crippen LogP contribution in [0.25, 0.3) is 11.6 Å². The van der Waals surface area contributed by atoms with E-state index in [-0.39, 0.29) is 40.9 Å². The molecule has 48 heavy (non-hydrogen) atoms. The number of fused-ring (bicyclic) bond motifs is 1. The number of carbonyl (C=O) groups is 3. The van der Waals surface area contributed by atoms with E-state index in [4.69, 9.17) is 16.3 Å². The van der Waals surface area contributed by atoms with Crippen LogP contribution in [0.15, 0.2) is 24.5 Å². The fourth-order valence-corrected chi connectivity index (χ4v) is 6.20. The van der Waals surface area contributed by atoms with Crippen LogP contribution in [0.1, 0.15) is 66.0 Å². The predicted molar refractivity (Wildman–Crippen MR) is 184 cm³/mol. The lowest BCUT2D eigenvalue weighted by Gasteiger charge is -2.29. The summed E-state index contributed by atoms with van der Waals surface area (Å²) in [6, 6.07) is 4.13. The molecule has 4 N–H and O–H groups in total. The fraction of sp³-hybridized carbons (Fsp3) is 0.441. The van der Waals surface area contributed by atoms with Crippen molar-refractivity contribution in [1.82, 2.24) is 30.1 Å². The van der Waals surface area contributed by atoms with Gasteiger partial charge in [-0.15, -0.1) is 0 Å². The molecule has 1 aromatic carbocycles. The Morgan fingerprint density at radius 1 is 1.17 bits per heavy atom. The number of hydrogen-bond donors (Lipinski definition) is 4. The third kappa shape index (κ3) is 8.38. The van der Waals surface area contributed by atoms with Crippen LogP contribution < -0.4 is 16.0 Å². The van der Waals surface area contributed by atoms with Crippen molar-refractivity contribution in [2.45, 2.75) is 46.5 Å². The average molecular weight is 681 g/mol. The zero-order valence-corrected chi connectivity index (χ0v) is 28.3. The molecule has 0 aliphatic carbocycles. The Balaban J connectivity index is 1.33. The fourth-order valence-electron chi connectivity index (χ4n) is 6.02. The van der Waals surface area contributed by atoms with Gasteiger partial charge in [0.1, 0.15) is 23.8 Å². The lowest BCUT2D eigenvalue weighted by atomic mass is 10.0. The van der Waals surface area contributed by atoms with Gasteiger partial charge in [0.15, 0.2) is 0 Å². The van der Waals surface area contributed by atoms with Gasteiger partial charge in [-0.3, -0.25) is 9.59 Å². The summed E-state index contributed by atoms with van der Waals surface area (Å²) in [7, 11) is 0. The first-order valence-electron chi connectivity index (χ1n) is 16.4. The van der Waals surface area contributed by atoms with E-state index in [1.165, 1.54) is 43.8 Å². The summed E-state index contributed by atoms with van der Waals surface area (Å²) < 4.78 is 19.1. The molecular formula is C34H42ClFN8O4. The molecule has 2 aliphatic rings. The van der Waals surface area contributed by atoms with E-state index in [0.717, 1.165) is 39.3 Å². The minimum atomic E-state index is -0.567. The number of anilines is 3. The monoisotopic (exact) mass is 680 g/mol. The Labute approximate surface area is 284 Å². The molecule has 0 atom stereocenters. The van der Waals surface area contributed by atoms with Crippen LogP contribution in [-0.2, 0) is 20.7 Å². The molecule has 0 unspecified atom stereocenters. The number of nitrogens with zero attached hydrogens (tertiary/aromatic N) is 4. The second kappa shape index (κ2) is 16.2. The van der Waals surface area contributed by atoms with Gasteiger partial charge in [0.25, 0.3) is 5.91 Å². The number of amides is 2. The van der Waals surface area contributed by atoms with Crippen LogP contribution in [0, 0.1) is 12.7 Å². The van der Waals surface area contributed by atoms with E-state index < -0.39 is 17.7 Å². The summed E-state index contributed by atoms with van der Waals surface area (Å²) in [4.78, 5) is 55.9. The molecule has 0 saturated carbocycles. The van der Waals surface area contributed by atoms with E-state index >= 15 is 0 Å². The topological polar surface area (TPSA) is 145 Å². The highest BCUT2D eigenvalue weighted by molar-refractivity contribution is 6.35. The molecule has 5 rings (SSSR count). The number of esters is 1. The quantitative estimate of drug-likeness (QED) is 0.140. The molecule has 0 bridgehead atoms. The van der Waals surface area contributed by atoms with Crippen LogP contribution in [0.2, 0.25) is 5.02 Å². The zero-order valence-electron chi connectivity index (χ0n) is 27.5. The minimum absolute atomic E-state index is 0.0729. The van der Waals surface area contributed by atoms with Gasteiger partial charge in [-0.2, -0.15) is 0 Å². The van der Waals surface area contributed by atoms with Gasteiger partial charge in [0.05, 0.1) is 34.8 Å². The van der Waals surface area contributed by atoms with Crippen LogP contribution in [-0.4, -0.2) is 95.0 Å². The third-order valence-corrected chi connectivity index (χ3v) is 8.92. The summed E-state index contributed by atoms with van der Waals surface area (Å²) in [5.74, 6) is -1.24. The highest BCUT2D eigenvalue weighted by atomic mass is 35.5. The summed E-state index contributed by atoms with van der Waals surface area (Å²) in [6.45, 7) is 12.1. The largest absolute Gasteiger partial charge is 0.462 e. The van der Waals surface area contributed by atoms with Crippen molar-refractivity contribution in [1.29, 1.82) is 0 Å². The van der Waals surface area contributed by atoms with Gasteiger partial charge in [-0.25, -0.2) is 19.2 Å². The van der Waals surface area contributed by atoms with Crippen molar-refractivity contribution in [3.8, 4) is 0 Å². The molecule has 14 heteroatoms. The van der Waals surface area contributed by atoms with Crippen molar-refractivity contribution in [2.75, 3.05) is 63.1 Å². The number of nitrogens with one attached hydrogen (secondary N) is 4. The molecule has 1 fully saturated rings. The van der Waals surface area contributed by atoms with Crippen molar-refractivity contribution in [2.24, 2.45) is 0 Å². The smallest absolute Gasteiger partial charge is 0.340 e. The first-order chi connectivity index (χ1) is 23.2. The number of aromatic amines is 1. The summed E-state index contributed by atoms with van der Waals surface area (Å²) >= 11 is 5.96. The Bertz CT molecular complexity index is 1690. The maximum absolute atomic E-state index is 13.8. The molecule has 256 valence electrons. The van der Waals surface area contributed by atoms with Crippen LogP contribution >= 0.6 is 11.6 Å². The molecular weight excluding hydrogens is 639 g/mol. The number of benzene rings is 1. The average Bonchev–Trinajstić information content (AvgIpc) is 3.56. The van der Waals surface area contributed by atoms with Crippen molar-refractivity contribution >= 4 is 58.4 Å². The number of piperidine rings is 1. The van der Waals surface area contributed by atoms with Crippen molar-refractivity contribution in [3.05, 3.63) is 63.4 Å². The van der Waals surface area contributed by atoms with Crippen LogP contribution in [0.4, 0.5) is 21.7 Å². The molecule has 0 radical (unpaired) electrons. The van der Waals surface area contributed by atoms with E-state index in [1.807, 2.05) is 0 Å². The lowest BCUT2D eigenvalue weighted by molar-refractivity contribution is -0.120. The number of H-pyrrole nitrogens is 1. The number of carbonyl (C=O) groups excluding carboxylic acids is 3. The zero-order chi connectivity index (χ0) is 34.2. The van der Waals surface area contributed by atoms with Crippen LogP contribution in [0.5, 0.6) is 0 Å². The SMILES string of the molecule is CCOC(=O)c1c(CC(=O)NCCN(CC)CCN2CCCCC2)[nH]c(/C=C2\C(=O)Nc3ncnc(Nc4ccc(F)c(Cl)c4)c32)c1C. The Kier molecular flexibility index (Phi) is 11.8. The molecule has 4 heterocycles. The van der Waals surface area contributed by atoms with E-state index in [2.05, 4.69) is 47.6 Å². The molecule has 3 aromatic rings. The number of likely N-dealkylation sites (N-methyl/N-ethyl adjacent to an activating group) is 1. The summed E-state index contributed by atoms with van der Waals surface area (Å²) in [6.07, 6.45) is 6.62. The molecule has 2 amide bonds. The van der Waals surface area contributed by atoms with Crippen molar-refractivity contribution in [3.63, 3.8) is 0 Å². The molecule has 1 saturated heterocycles. The van der Waals surface area contributed by atoms with Crippen molar-refractivity contribution < 1.29 is 23.5 Å². The van der Waals surface area contributed by atoms with Crippen LogP contribution in [0.3, 0.4) is 0 Å². The summed E-state index contributed by atoms with van der Waals surface area (Å²) in [5.41, 5.74) is 2.67. The Morgan fingerprint density at radius 2 is 1.96 bits per heavy atom. The van der Waals surface area contributed by atoms with E-state index in [1.54, 1.807) is 19.9 Å². The molecule has 2 aromatic heterocycles.